The molecule has 0 spiro atoms. The molecule has 0 unspecified atom stereocenters. The van der Waals surface area contributed by atoms with Gasteiger partial charge in [0, 0.05) is 0 Å². The maximum atomic E-state index is 9.63. The van der Waals surface area contributed by atoms with Gasteiger partial charge in [0.1, 0.15) is 0 Å². The minimum Gasteiger partial charge on any atom is -0.563 e. The number of aliphatic hydroxyl groups excluding tert-OH is 1. The van der Waals surface area contributed by atoms with Gasteiger partial charge in [0.2, 0.25) is 0 Å². The summed E-state index contributed by atoms with van der Waals surface area (Å²) >= 11 is 0. The summed E-state index contributed by atoms with van der Waals surface area (Å²) in [6.45, 7) is 1.36. The molecule has 42 valence electrons. The van der Waals surface area contributed by atoms with E-state index in [1.807, 2.05) is 0 Å². The molecule has 0 aliphatic rings. The van der Waals surface area contributed by atoms with E-state index in [1.54, 1.807) is 0 Å². The van der Waals surface area contributed by atoms with Gasteiger partial charge in [-0.05, 0) is 0 Å². The molecule has 4 heteroatoms. The first kappa shape index (κ1) is 11.3. The smallest absolute Gasteiger partial charge is 0.563 e. The fraction of sp³-hybridized carbons (Fsp3) is 0.500. The molecule has 0 amide bonds. The van der Waals surface area contributed by atoms with Gasteiger partial charge < -0.3 is 10.2 Å². The third-order valence-electron chi connectivity index (χ3n) is 0.407. The summed E-state index contributed by atoms with van der Waals surface area (Å²) in [5.41, 5.74) is 0. The molecule has 0 fully saturated rings. The molecule has 3 nitrogen and oxygen atoms in total. The topological polar surface area (TPSA) is 57.5 Å². The third kappa shape index (κ3) is 9.66. The zero-order chi connectivity index (χ0) is 5.86. The SMILES string of the molecule is C[C-](O)CC(=O)O.[Na+]. The van der Waals surface area contributed by atoms with Gasteiger partial charge in [-0.1, -0.05) is 6.42 Å². The van der Waals surface area contributed by atoms with Gasteiger partial charge in [-0.3, -0.25) is 4.79 Å². The van der Waals surface area contributed by atoms with Crippen LogP contribution in [0.5, 0.6) is 0 Å². The fourth-order valence-corrected chi connectivity index (χ4v) is 0.219. The van der Waals surface area contributed by atoms with Crippen LogP contribution >= 0.6 is 0 Å². The second-order valence-electron chi connectivity index (χ2n) is 1.31. The monoisotopic (exact) mass is 126 g/mol. The van der Waals surface area contributed by atoms with Crippen molar-refractivity contribution in [2.24, 2.45) is 0 Å². The van der Waals surface area contributed by atoms with E-state index < -0.39 is 5.97 Å². The Labute approximate surface area is 70.0 Å². The van der Waals surface area contributed by atoms with Gasteiger partial charge in [0.25, 0.3) is 5.97 Å². The predicted octanol–water partition coefficient (Wildman–Crippen LogP) is -2.61. The number of carbonyl (C=O) groups is 1. The molecule has 0 saturated carbocycles. The first-order valence-electron chi connectivity index (χ1n) is 1.86. The Morgan fingerprint density at radius 1 is 1.75 bits per heavy atom. The summed E-state index contributed by atoms with van der Waals surface area (Å²) < 4.78 is 0. The molecule has 0 heterocycles. The molecule has 0 aromatic heterocycles. The summed E-state index contributed by atoms with van der Waals surface area (Å²) in [6, 6.07) is 0. The summed E-state index contributed by atoms with van der Waals surface area (Å²) in [4.78, 5) is 9.63. The summed E-state index contributed by atoms with van der Waals surface area (Å²) in [7, 11) is 0. The average molecular weight is 126 g/mol. The van der Waals surface area contributed by atoms with E-state index in [1.165, 1.54) is 6.92 Å². The van der Waals surface area contributed by atoms with Crippen molar-refractivity contribution in [1.82, 2.24) is 0 Å². The molecule has 2 N–H and O–H groups in total. The molecule has 0 bridgehead atoms. The molecule has 0 aliphatic heterocycles. The first-order chi connectivity index (χ1) is 3.13. The standard InChI is InChI=1S/C4H7O3.Na/c1-3(5)2-4(6)7;/h5H,2H2,1H3,(H,6,7);/q-1;+1. The summed E-state index contributed by atoms with van der Waals surface area (Å²) in [6.07, 6.45) is -0.312. The van der Waals surface area contributed by atoms with Crippen molar-refractivity contribution in [2.45, 2.75) is 13.3 Å². The number of aliphatic hydroxyl groups is 1. The zero-order valence-corrected chi connectivity index (χ0v) is 7.01. The van der Waals surface area contributed by atoms with Crippen LogP contribution in [0.1, 0.15) is 13.3 Å². The van der Waals surface area contributed by atoms with Crippen molar-refractivity contribution < 1.29 is 44.6 Å². The van der Waals surface area contributed by atoms with Crippen LogP contribution in [0.3, 0.4) is 0 Å². The zero-order valence-electron chi connectivity index (χ0n) is 5.01. The predicted molar refractivity (Wildman–Crippen MR) is 23.1 cm³/mol. The van der Waals surface area contributed by atoms with Gasteiger partial charge in [0.15, 0.2) is 0 Å². The molecule has 0 aliphatic carbocycles. The Kier molecular flexibility index (Phi) is 7.83. The third-order valence-corrected chi connectivity index (χ3v) is 0.407. The van der Waals surface area contributed by atoms with Crippen molar-refractivity contribution in [2.75, 3.05) is 0 Å². The van der Waals surface area contributed by atoms with Crippen LogP contribution in [0.4, 0.5) is 0 Å². The number of carboxylic acid groups (broad SMARTS) is 1. The first-order valence-corrected chi connectivity index (χ1v) is 1.86. The maximum absolute atomic E-state index is 9.63. The molecule has 0 aromatic rings. The van der Waals surface area contributed by atoms with Gasteiger partial charge in [-0.15, -0.1) is 0 Å². The fourth-order valence-electron chi connectivity index (χ4n) is 0.219. The summed E-state index contributed by atoms with van der Waals surface area (Å²) in [5, 5.41) is 16.2. The second-order valence-corrected chi connectivity index (χ2v) is 1.31. The van der Waals surface area contributed by atoms with E-state index in [0.717, 1.165) is 0 Å². The van der Waals surface area contributed by atoms with E-state index >= 15 is 0 Å². The largest absolute Gasteiger partial charge is 1.00 e. The molecule has 0 radical (unpaired) electrons. The van der Waals surface area contributed by atoms with Crippen molar-refractivity contribution in [3.8, 4) is 0 Å². The Morgan fingerprint density at radius 2 is 2.12 bits per heavy atom. The van der Waals surface area contributed by atoms with Crippen molar-refractivity contribution >= 4 is 5.97 Å². The number of hydrogen-bond acceptors (Lipinski definition) is 2. The van der Waals surface area contributed by atoms with Crippen LogP contribution in [0.2, 0.25) is 0 Å². The molecule has 0 rings (SSSR count). The van der Waals surface area contributed by atoms with Crippen LogP contribution in [0, 0.1) is 6.10 Å². The van der Waals surface area contributed by atoms with Gasteiger partial charge >= 0.3 is 29.6 Å². The van der Waals surface area contributed by atoms with Crippen molar-refractivity contribution in [3.05, 3.63) is 6.10 Å². The maximum Gasteiger partial charge on any atom is 1.00 e. The minimum absolute atomic E-state index is 0. The van der Waals surface area contributed by atoms with Crippen LogP contribution in [-0.4, -0.2) is 16.2 Å². The van der Waals surface area contributed by atoms with Crippen LogP contribution < -0.4 is 29.6 Å². The molecule has 0 saturated heterocycles. The van der Waals surface area contributed by atoms with E-state index in [4.69, 9.17) is 10.2 Å². The van der Waals surface area contributed by atoms with Gasteiger partial charge in [0.05, 0.1) is 0 Å². The number of hydrogen-bond donors (Lipinski definition) is 2. The normalized spacial score (nSPS) is 8.38. The number of aliphatic carboxylic acids is 1. The Morgan fingerprint density at radius 3 is 2.12 bits per heavy atom. The molecular weight excluding hydrogens is 119 g/mol. The van der Waals surface area contributed by atoms with E-state index in [2.05, 4.69) is 0 Å². The molecular formula is C4H7NaO3. The Bertz CT molecular complexity index is 71.7. The summed E-state index contributed by atoms with van der Waals surface area (Å²) in [5.74, 6) is -1.000. The van der Waals surface area contributed by atoms with Crippen molar-refractivity contribution in [1.29, 1.82) is 0 Å². The Balaban J connectivity index is 0. The van der Waals surface area contributed by atoms with Gasteiger partial charge in [-0.2, -0.15) is 13.0 Å². The Hall–Kier alpha value is 0.430. The quantitative estimate of drug-likeness (QED) is 0.315. The van der Waals surface area contributed by atoms with Crippen molar-refractivity contribution in [3.63, 3.8) is 0 Å². The van der Waals surface area contributed by atoms with E-state index in [0.29, 0.717) is 0 Å². The second kappa shape index (κ2) is 5.56. The van der Waals surface area contributed by atoms with Gasteiger partial charge in [-0.25, -0.2) is 0 Å². The average Bonchev–Trinajstić information content (AvgIpc) is 1.27. The van der Waals surface area contributed by atoms with E-state index in [-0.39, 0.29) is 42.1 Å². The van der Waals surface area contributed by atoms with Crippen LogP contribution in [0.15, 0.2) is 0 Å². The van der Waals surface area contributed by atoms with Crippen LogP contribution in [0.25, 0.3) is 0 Å². The number of carboxylic acids is 1. The minimum atomic E-state index is -1.000. The molecule has 8 heavy (non-hydrogen) atoms. The molecule has 0 atom stereocenters. The van der Waals surface area contributed by atoms with Crippen LogP contribution in [-0.2, 0) is 4.79 Å². The number of rotatable bonds is 2. The van der Waals surface area contributed by atoms with E-state index in [9.17, 15) is 4.79 Å². The molecule has 0 aromatic carbocycles.